The molecule has 1 rings (SSSR count). The smallest absolute Gasteiger partial charge is 0.330 e. The van der Waals surface area contributed by atoms with E-state index < -0.39 is 25.0 Å². The van der Waals surface area contributed by atoms with E-state index in [0.717, 1.165) is 11.3 Å². The second kappa shape index (κ2) is 8.19. The van der Waals surface area contributed by atoms with Crippen LogP contribution in [-0.2, 0) is 11.2 Å². The van der Waals surface area contributed by atoms with Gasteiger partial charge >= 0.3 is 12.3 Å². The minimum absolute atomic E-state index is 0.182. The molecule has 0 aliphatic heterocycles. The molecule has 0 heterocycles. The molecule has 1 atom stereocenters. The van der Waals surface area contributed by atoms with Crippen LogP contribution in [0.1, 0.15) is 12.0 Å². The summed E-state index contributed by atoms with van der Waals surface area (Å²) in [4.78, 5) is 0. The molecule has 3 nitrogen and oxygen atoms in total. The Labute approximate surface area is 121 Å². The fourth-order valence-electron chi connectivity index (χ4n) is 1.64. The monoisotopic (exact) mass is 309 g/mol. The molecule has 0 spiro atoms. The molecule has 0 aliphatic rings. The minimum Gasteiger partial charge on any atom is -0.497 e. The Kier molecular flexibility index (Phi) is 6.91. The molecule has 0 amide bonds. The standard InChI is InChI=1S/C14H19F4NO2/c1-20-12-6-3-10(4-7-12)2-5-11(19)8-21-9-14(17,18)13(15)16/h3-4,6-7,11,13H,2,5,8-9,19H2,1H3. The van der Waals surface area contributed by atoms with Gasteiger partial charge in [-0.3, -0.25) is 0 Å². The zero-order valence-corrected chi connectivity index (χ0v) is 11.7. The number of halogens is 4. The third-order valence-electron chi connectivity index (χ3n) is 2.91. The molecule has 0 saturated carbocycles. The molecule has 0 fully saturated rings. The lowest BCUT2D eigenvalue weighted by molar-refractivity contribution is -0.166. The number of alkyl halides is 4. The van der Waals surface area contributed by atoms with Crippen molar-refractivity contribution in [2.45, 2.75) is 31.2 Å². The zero-order chi connectivity index (χ0) is 15.9. The van der Waals surface area contributed by atoms with Gasteiger partial charge in [0.15, 0.2) is 0 Å². The average Bonchev–Trinajstić information content (AvgIpc) is 2.45. The highest BCUT2D eigenvalue weighted by molar-refractivity contribution is 5.27. The largest absolute Gasteiger partial charge is 0.497 e. The maximum absolute atomic E-state index is 12.6. The lowest BCUT2D eigenvalue weighted by Crippen LogP contribution is -2.35. The van der Waals surface area contributed by atoms with Crippen molar-refractivity contribution in [2.24, 2.45) is 5.73 Å². The number of hydrogen-bond donors (Lipinski definition) is 1. The second-order valence-electron chi connectivity index (χ2n) is 4.72. The first-order chi connectivity index (χ1) is 9.85. The minimum atomic E-state index is -4.13. The van der Waals surface area contributed by atoms with Gasteiger partial charge in [0, 0.05) is 6.04 Å². The molecule has 0 bridgehead atoms. The molecule has 7 heteroatoms. The Bertz CT molecular complexity index is 412. The van der Waals surface area contributed by atoms with Gasteiger partial charge < -0.3 is 15.2 Å². The van der Waals surface area contributed by atoms with E-state index in [9.17, 15) is 17.6 Å². The summed E-state index contributed by atoms with van der Waals surface area (Å²) in [7, 11) is 1.57. The maximum atomic E-state index is 12.6. The molecular weight excluding hydrogens is 290 g/mol. The van der Waals surface area contributed by atoms with Gasteiger partial charge in [-0.05, 0) is 30.5 Å². The van der Waals surface area contributed by atoms with Crippen LogP contribution in [0.15, 0.2) is 24.3 Å². The van der Waals surface area contributed by atoms with Gasteiger partial charge in [-0.2, -0.15) is 8.78 Å². The first-order valence-electron chi connectivity index (χ1n) is 6.47. The van der Waals surface area contributed by atoms with Crippen LogP contribution in [0.4, 0.5) is 17.6 Å². The highest BCUT2D eigenvalue weighted by Gasteiger charge is 2.40. The van der Waals surface area contributed by atoms with Crippen LogP contribution in [0.2, 0.25) is 0 Å². The number of hydrogen-bond acceptors (Lipinski definition) is 3. The highest BCUT2D eigenvalue weighted by atomic mass is 19.3. The predicted molar refractivity (Wildman–Crippen MR) is 71.1 cm³/mol. The summed E-state index contributed by atoms with van der Waals surface area (Å²) in [5.41, 5.74) is 6.72. The van der Waals surface area contributed by atoms with Gasteiger partial charge in [-0.25, -0.2) is 8.78 Å². The summed E-state index contributed by atoms with van der Waals surface area (Å²) in [6.45, 7) is -1.50. The summed E-state index contributed by atoms with van der Waals surface area (Å²) in [5.74, 6) is -3.39. The lowest BCUT2D eigenvalue weighted by atomic mass is 10.1. The summed E-state index contributed by atoms with van der Waals surface area (Å²) >= 11 is 0. The quantitative estimate of drug-likeness (QED) is 0.713. The van der Waals surface area contributed by atoms with E-state index in [0.29, 0.717) is 12.8 Å². The first-order valence-corrected chi connectivity index (χ1v) is 6.47. The second-order valence-corrected chi connectivity index (χ2v) is 4.72. The molecule has 0 saturated heterocycles. The van der Waals surface area contributed by atoms with Crippen LogP contribution in [0.3, 0.4) is 0 Å². The number of ether oxygens (including phenoxy) is 2. The van der Waals surface area contributed by atoms with Gasteiger partial charge in [-0.1, -0.05) is 12.1 Å². The van der Waals surface area contributed by atoms with E-state index in [-0.39, 0.29) is 6.61 Å². The van der Waals surface area contributed by atoms with Gasteiger partial charge in [0.05, 0.1) is 13.7 Å². The van der Waals surface area contributed by atoms with Gasteiger partial charge in [-0.15, -0.1) is 0 Å². The Morgan fingerprint density at radius 3 is 2.33 bits per heavy atom. The van der Waals surface area contributed by atoms with Crippen molar-refractivity contribution in [3.8, 4) is 5.75 Å². The van der Waals surface area contributed by atoms with Crippen LogP contribution >= 0.6 is 0 Å². The van der Waals surface area contributed by atoms with Crippen molar-refractivity contribution in [3.63, 3.8) is 0 Å². The average molecular weight is 309 g/mol. The predicted octanol–water partition coefficient (Wildman–Crippen LogP) is 2.87. The summed E-state index contributed by atoms with van der Waals surface area (Å²) in [6.07, 6.45) is -2.58. The molecule has 21 heavy (non-hydrogen) atoms. The molecule has 2 N–H and O–H groups in total. The first kappa shape index (κ1) is 17.7. The number of nitrogens with two attached hydrogens (primary N) is 1. The van der Waals surface area contributed by atoms with Crippen molar-refractivity contribution >= 4 is 0 Å². The van der Waals surface area contributed by atoms with E-state index >= 15 is 0 Å². The number of aryl methyl sites for hydroxylation is 1. The third kappa shape index (κ3) is 6.31. The topological polar surface area (TPSA) is 44.5 Å². The van der Waals surface area contributed by atoms with E-state index in [2.05, 4.69) is 4.74 Å². The van der Waals surface area contributed by atoms with Crippen LogP contribution in [0.5, 0.6) is 5.75 Å². The van der Waals surface area contributed by atoms with Crippen LogP contribution in [0, 0.1) is 0 Å². The normalized spacial score (nSPS) is 13.5. The fourth-order valence-corrected chi connectivity index (χ4v) is 1.64. The van der Waals surface area contributed by atoms with Gasteiger partial charge in [0.1, 0.15) is 12.4 Å². The van der Waals surface area contributed by atoms with Crippen molar-refractivity contribution in [2.75, 3.05) is 20.3 Å². The van der Waals surface area contributed by atoms with Crippen molar-refractivity contribution in [1.82, 2.24) is 0 Å². The van der Waals surface area contributed by atoms with E-state index in [4.69, 9.17) is 10.5 Å². The molecular formula is C14H19F4NO2. The zero-order valence-electron chi connectivity index (χ0n) is 11.7. The Hall–Kier alpha value is -1.34. The molecule has 1 aromatic rings. The number of rotatable bonds is 9. The van der Waals surface area contributed by atoms with Crippen LogP contribution in [0.25, 0.3) is 0 Å². The van der Waals surface area contributed by atoms with E-state index in [1.807, 2.05) is 12.1 Å². The molecule has 120 valence electrons. The van der Waals surface area contributed by atoms with Crippen LogP contribution < -0.4 is 10.5 Å². The molecule has 1 unspecified atom stereocenters. The third-order valence-corrected chi connectivity index (χ3v) is 2.91. The molecule has 0 aliphatic carbocycles. The van der Waals surface area contributed by atoms with Gasteiger partial charge in [0.2, 0.25) is 0 Å². The van der Waals surface area contributed by atoms with Gasteiger partial charge in [0.25, 0.3) is 0 Å². The Balaban J connectivity index is 2.26. The van der Waals surface area contributed by atoms with Crippen LogP contribution in [-0.4, -0.2) is 38.7 Å². The summed E-state index contributed by atoms with van der Waals surface area (Å²) < 4.78 is 58.6. The molecule has 0 aromatic heterocycles. The van der Waals surface area contributed by atoms with Crippen molar-refractivity contribution in [1.29, 1.82) is 0 Å². The van der Waals surface area contributed by atoms with Crippen molar-refractivity contribution < 1.29 is 27.0 Å². The number of methoxy groups -OCH3 is 1. The van der Waals surface area contributed by atoms with E-state index in [1.54, 1.807) is 19.2 Å². The number of benzene rings is 1. The SMILES string of the molecule is COc1ccc(CCC(N)COCC(F)(F)C(F)F)cc1. The fraction of sp³-hybridized carbons (Fsp3) is 0.571. The Morgan fingerprint density at radius 2 is 1.81 bits per heavy atom. The Morgan fingerprint density at radius 1 is 1.19 bits per heavy atom. The lowest BCUT2D eigenvalue weighted by Gasteiger charge is -2.17. The molecule has 1 aromatic carbocycles. The highest BCUT2D eigenvalue weighted by Crippen LogP contribution is 2.22. The summed E-state index contributed by atoms with van der Waals surface area (Å²) in [6, 6.07) is 6.87. The molecule has 0 radical (unpaired) electrons. The maximum Gasteiger partial charge on any atom is 0.330 e. The van der Waals surface area contributed by atoms with E-state index in [1.165, 1.54) is 0 Å². The van der Waals surface area contributed by atoms with Crippen molar-refractivity contribution in [3.05, 3.63) is 29.8 Å². The summed E-state index contributed by atoms with van der Waals surface area (Å²) in [5, 5.41) is 0.